The number of nitrogens with one attached hydrogen (secondary N) is 1. The van der Waals surface area contributed by atoms with Gasteiger partial charge in [0.2, 0.25) is 0 Å². The van der Waals surface area contributed by atoms with E-state index in [4.69, 9.17) is 4.74 Å². The second-order valence-electron chi connectivity index (χ2n) is 7.10. The van der Waals surface area contributed by atoms with E-state index in [1.54, 1.807) is 11.9 Å². The molecule has 2 fully saturated rings. The highest BCUT2D eigenvalue weighted by Crippen LogP contribution is 2.26. The fraction of sp³-hybridized carbons (Fsp3) is 0.933. The van der Waals surface area contributed by atoms with Gasteiger partial charge in [0.15, 0.2) is 0 Å². The Morgan fingerprint density at radius 3 is 2.75 bits per heavy atom. The van der Waals surface area contributed by atoms with E-state index in [0.717, 1.165) is 12.5 Å². The number of carbonyl (C=O) groups is 1. The van der Waals surface area contributed by atoms with Crippen molar-refractivity contribution >= 4 is 6.09 Å². The molecule has 20 heavy (non-hydrogen) atoms. The van der Waals surface area contributed by atoms with Crippen molar-refractivity contribution in [2.45, 2.75) is 45.3 Å². The molecular formula is C15H29N3O2. The van der Waals surface area contributed by atoms with E-state index in [9.17, 15) is 4.79 Å². The van der Waals surface area contributed by atoms with E-state index < -0.39 is 5.60 Å². The standard InChI is InChI=1S/C15H29N3O2/c1-15(2,3)20-14(19)17(4)10-7-16-13-6-9-18-8-5-12(13)11-18/h12-13,16H,5-11H2,1-4H3. The van der Waals surface area contributed by atoms with Crippen LogP contribution < -0.4 is 5.32 Å². The van der Waals surface area contributed by atoms with Gasteiger partial charge in [0.05, 0.1) is 0 Å². The fourth-order valence-corrected chi connectivity index (χ4v) is 3.07. The SMILES string of the molecule is CN(CCNC1CCN2CCC1C2)C(=O)OC(C)(C)C. The van der Waals surface area contributed by atoms with E-state index >= 15 is 0 Å². The first-order valence-corrected chi connectivity index (χ1v) is 7.75. The van der Waals surface area contributed by atoms with Crippen molar-refractivity contribution in [3.8, 4) is 0 Å². The van der Waals surface area contributed by atoms with E-state index in [1.807, 2.05) is 20.8 Å². The Balaban J connectivity index is 1.66. The number of carbonyl (C=O) groups excluding carboxylic acids is 1. The van der Waals surface area contributed by atoms with Gasteiger partial charge in [0, 0.05) is 32.7 Å². The molecule has 0 aromatic rings. The number of piperidine rings is 1. The van der Waals surface area contributed by atoms with Crippen molar-refractivity contribution in [3.63, 3.8) is 0 Å². The molecule has 3 atom stereocenters. The van der Waals surface area contributed by atoms with Crippen molar-refractivity contribution in [1.82, 2.24) is 15.1 Å². The second-order valence-corrected chi connectivity index (χ2v) is 7.10. The van der Waals surface area contributed by atoms with Gasteiger partial charge in [-0.2, -0.15) is 0 Å². The van der Waals surface area contributed by atoms with E-state index in [-0.39, 0.29) is 6.09 Å². The van der Waals surface area contributed by atoms with Crippen LogP contribution in [0.2, 0.25) is 0 Å². The van der Waals surface area contributed by atoms with Crippen LogP contribution >= 0.6 is 0 Å². The Morgan fingerprint density at radius 1 is 1.35 bits per heavy atom. The molecule has 0 aromatic carbocycles. The number of rotatable bonds is 4. The summed E-state index contributed by atoms with van der Waals surface area (Å²) in [5.41, 5.74) is -0.421. The predicted octanol–water partition coefficient (Wildman–Crippen LogP) is 1.54. The first kappa shape index (κ1) is 15.6. The number of likely N-dealkylation sites (N-methyl/N-ethyl adjacent to an activating group) is 1. The summed E-state index contributed by atoms with van der Waals surface area (Å²) in [6.45, 7) is 11.0. The Bertz CT molecular complexity index is 341. The summed E-state index contributed by atoms with van der Waals surface area (Å²) < 4.78 is 5.34. The molecule has 5 nitrogen and oxygen atoms in total. The summed E-state index contributed by atoms with van der Waals surface area (Å²) in [5.74, 6) is 0.801. The lowest BCUT2D eigenvalue weighted by Crippen LogP contribution is -2.46. The van der Waals surface area contributed by atoms with Crippen molar-refractivity contribution in [3.05, 3.63) is 0 Å². The maximum absolute atomic E-state index is 11.8. The highest BCUT2D eigenvalue weighted by atomic mass is 16.6. The Hall–Kier alpha value is -0.810. The van der Waals surface area contributed by atoms with Crippen LogP contribution in [0.15, 0.2) is 0 Å². The van der Waals surface area contributed by atoms with Crippen molar-refractivity contribution < 1.29 is 9.53 Å². The Labute approximate surface area is 122 Å². The highest BCUT2D eigenvalue weighted by Gasteiger charge is 2.33. The zero-order chi connectivity index (χ0) is 14.8. The van der Waals surface area contributed by atoms with Gasteiger partial charge < -0.3 is 19.9 Å². The van der Waals surface area contributed by atoms with Crippen LogP contribution in [0.1, 0.15) is 33.6 Å². The quantitative estimate of drug-likeness (QED) is 0.850. The number of amides is 1. The van der Waals surface area contributed by atoms with Gasteiger partial charge in [-0.25, -0.2) is 4.79 Å². The first-order chi connectivity index (χ1) is 9.35. The van der Waals surface area contributed by atoms with Crippen LogP contribution in [0.25, 0.3) is 0 Å². The molecule has 2 heterocycles. The molecule has 5 heteroatoms. The molecule has 1 amide bonds. The van der Waals surface area contributed by atoms with Crippen LogP contribution in [0, 0.1) is 5.92 Å². The van der Waals surface area contributed by atoms with Gasteiger partial charge in [-0.1, -0.05) is 0 Å². The Kier molecular flexibility index (Phi) is 4.91. The summed E-state index contributed by atoms with van der Waals surface area (Å²) in [5, 5.41) is 3.62. The first-order valence-electron chi connectivity index (χ1n) is 7.75. The third kappa shape index (κ3) is 4.35. The molecule has 2 saturated heterocycles. The normalized spacial score (nSPS) is 29.3. The monoisotopic (exact) mass is 283 g/mol. The number of nitrogens with zero attached hydrogens (tertiary/aromatic N) is 2. The van der Waals surface area contributed by atoms with E-state index in [1.165, 1.54) is 32.5 Å². The molecule has 0 radical (unpaired) electrons. The predicted molar refractivity (Wildman–Crippen MR) is 79.8 cm³/mol. The lowest BCUT2D eigenvalue weighted by atomic mass is 9.94. The average molecular weight is 283 g/mol. The third-order valence-corrected chi connectivity index (χ3v) is 4.19. The molecule has 3 unspecified atom stereocenters. The molecule has 0 spiro atoms. The maximum Gasteiger partial charge on any atom is 0.410 e. The van der Waals surface area contributed by atoms with Gasteiger partial charge in [-0.15, -0.1) is 0 Å². The molecule has 2 rings (SSSR count). The largest absolute Gasteiger partial charge is 0.444 e. The van der Waals surface area contributed by atoms with Gasteiger partial charge >= 0.3 is 6.09 Å². The lowest BCUT2D eigenvalue weighted by molar-refractivity contribution is 0.0298. The van der Waals surface area contributed by atoms with Crippen LogP contribution in [-0.4, -0.2) is 67.3 Å². The topological polar surface area (TPSA) is 44.8 Å². The number of hydrogen-bond donors (Lipinski definition) is 1. The molecule has 2 bridgehead atoms. The minimum absolute atomic E-state index is 0.241. The van der Waals surface area contributed by atoms with Crippen molar-refractivity contribution in [1.29, 1.82) is 0 Å². The minimum Gasteiger partial charge on any atom is -0.444 e. The summed E-state index contributed by atoms with van der Waals surface area (Å²) >= 11 is 0. The molecule has 0 saturated carbocycles. The van der Waals surface area contributed by atoms with Crippen LogP contribution in [0.5, 0.6) is 0 Å². The number of hydrogen-bond acceptors (Lipinski definition) is 4. The average Bonchev–Trinajstić information content (AvgIpc) is 2.72. The second kappa shape index (κ2) is 6.31. The lowest BCUT2D eigenvalue weighted by Gasteiger charge is -2.32. The summed E-state index contributed by atoms with van der Waals surface area (Å²) in [7, 11) is 1.80. The minimum atomic E-state index is -0.421. The Morgan fingerprint density at radius 2 is 2.05 bits per heavy atom. The van der Waals surface area contributed by atoms with Crippen LogP contribution in [0.3, 0.4) is 0 Å². The van der Waals surface area contributed by atoms with Gasteiger partial charge in [-0.3, -0.25) is 0 Å². The molecule has 0 aromatic heterocycles. The van der Waals surface area contributed by atoms with Crippen LogP contribution in [0.4, 0.5) is 4.79 Å². The maximum atomic E-state index is 11.8. The molecule has 2 aliphatic heterocycles. The molecule has 2 aliphatic rings. The zero-order valence-electron chi connectivity index (χ0n) is 13.3. The smallest absolute Gasteiger partial charge is 0.410 e. The van der Waals surface area contributed by atoms with Gasteiger partial charge in [0.1, 0.15) is 5.60 Å². The summed E-state index contributed by atoms with van der Waals surface area (Å²) in [6.07, 6.45) is 2.32. The zero-order valence-corrected chi connectivity index (χ0v) is 13.3. The highest BCUT2D eigenvalue weighted by molar-refractivity contribution is 5.67. The van der Waals surface area contributed by atoms with Gasteiger partial charge in [-0.05, 0) is 52.6 Å². The summed E-state index contributed by atoms with van der Waals surface area (Å²) in [6, 6.07) is 0.626. The van der Waals surface area contributed by atoms with Crippen LogP contribution in [-0.2, 0) is 4.74 Å². The molecular weight excluding hydrogens is 254 g/mol. The summed E-state index contributed by atoms with van der Waals surface area (Å²) in [4.78, 5) is 16.0. The number of ether oxygens (including phenoxy) is 1. The fourth-order valence-electron chi connectivity index (χ4n) is 3.07. The van der Waals surface area contributed by atoms with Crippen molar-refractivity contribution in [2.24, 2.45) is 5.92 Å². The van der Waals surface area contributed by atoms with E-state index in [0.29, 0.717) is 12.6 Å². The molecule has 1 N–H and O–H groups in total. The number of fused-ring (bicyclic) bond motifs is 2. The molecule has 0 aliphatic carbocycles. The third-order valence-electron chi connectivity index (χ3n) is 4.19. The molecule has 116 valence electrons. The van der Waals surface area contributed by atoms with Gasteiger partial charge in [0.25, 0.3) is 0 Å². The van der Waals surface area contributed by atoms with Crippen molar-refractivity contribution in [2.75, 3.05) is 39.8 Å². The van der Waals surface area contributed by atoms with E-state index in [2.05, 4.69) is 10.2 Å².